The molecular formula is C31H40N6O3. The minimum absolute atomic E-state index is 0.0358. The number of amides is 1. The van der Waals surface area contributed by atoms with Crippen LogP contribution in [0.1, 0.15) is 29.7 Å². The second kappa shape index (κ2) is 12.1. The maximum atomic E-state index is 12.0. The van der Waals surface area contributed by atoms with Gasteiger partial charge in [0.15, 0.2) is 0 Å². The third kappa shape index (κ3) is 5.70. The molecule has 3 aliphatic rings. The third-order valence-electron chi connectivity index (χ3n) is 8.16. The maximum absolute atomic E-state index is 12.0. The molecule has 1 N–H and O–H groups in total. The van der Waals surface area contributed by atoms with Crippen molar-refractivity contribution in [3.8, 4) is 11.8 Å². The van der Waals surface area contributed by atoms with E-state index in [1.54, 1.807) is 7.11 Å². The number of phenols is 1. The number of carbonyl (C=O) groups excluding carboxylic acids is 1. The van der Waals surface area contributed by atoms with Crippen molar-refractivity contribution in [3.63, 3.8) is 0 Å². The first-order chi connectivity index (χ1) is 19.4. The molecule has 0 saturated carbocycles. The summed E-state index contributed by atoms with van der Waals surface area (Å²) in [6.45, 7) is 12.2. The highest BCUT2D eigenvalue weighted by molar-refractivity contribution is 5.97. The topological polar surface area (TPSA) is 85.3 Å². The first-order valence-electron chi connectivity index (χ1n) is 14.1. The molecular weight excluding hydrogens is 504 g/mol. The lowest BCUT2D eigenvalue weighted by atomic mass is 9.99. The van der Waals surface area contributed by atoms with E-state index in [0.717, 1.165) is 52.1 Å². The summed E-state index contributed by atoms with van der Waals surface area (Å²) in [6.07, 6.45) is 4.98. The lowest BCUT2D eigenvalue weighted by molar-refractivity contribution is -0.126. The van der Waals surface area contributed by atoms with Crippen LogP contribution >= 0.6 is 0 Å². The van der Waals surface area contributed by atoms with Crippen molar-refractivity contribution in [2.75, 3.05) is 69.8 Å². The number of aromatic hydroxyl groups is 1. The minimum Gasteiger partial charge on any atom is -0.508 e. The van der Waals surface area contributed by atoms with E-state index >= 15 is 0 Å². The van der Waals surface area contributed by atoms with Crippen molar-refractivity contribution in [1.82, 2.24) is 19.8 Å². The monoisotopic (exact) mass is 544 g/mol. The Kier molecular flexibility index (Phi) is 8.40. The molecule has 40 heavy (non-hydrogen) atoms. The zero-order valence-electron chi connectivity index (χ0n) is 23.9. The van der Waals surface area contributed by atoms with Crippen LogP contribution < -0.4 is 14.5 Å². The molecule has 3 aromatic rings. The summed E-state index contributed by atoms with van der Waals surface area (Å²) in [5.74, 6) is 1.16. The van der Waals surface area contributed by atoms with Crippen molar-refractivity contribution in [2.24, 2.45) is 0 Å². The standard InChI is InChI=1S/C26H29N5O3.C5H11N/c1-4-23(33)29-11-13-30(14-12-29)25-20-9-10-31(16-21(20)27-26(28-25)34-3)24-17(2)22(32)15-18-7-5-6-8-19(18)24;1-6-4-2-3-5-6/h4-8,15,32H,1,9-14,16H2,2-3H3;2-5H2,1H3. The number of likely N-dealkylation sites (tertiary alicyclic amines) is 1. The van der Waals surface area contributed by atoms with Gasteiger partial charge in [0, 0.05) is 49.2 Å². The Morgan fingerprint density at radius 1 is 1.02 bits per heavy atom. The number of fused-ring (bicyclic) bond motifs is 2. The quantitative estimate of drug-likeness (QED) is 0.497. The van der Waals surface area contributed by atoms with Gasteiger partial charge in [0.2, 0.25) is 5.91 Å². The summed E-state index contributed by atoms with van der Waals surface area (Å²) in [5.41, 5.74) is 3.97. The van der Waals surface area contributed by atoms with Gasteiger partial charge in [0.25, 0.3) is 0 Å². The Labute approximate surface area is 236 Å². The van der Waals surface area contributed by atoms with Crippen molar-refractivity contribution >= 4 is 28.2 Å². The largest absolute Gasteiger partial charge is 0.508 e. The number of benzene rings is 2. The summed E-state index contributed by atoms with van der Waals surface area (Å²) >= 11 is 0. The van der Waals surface area contributed by atoms with Crippen molar-refractivity contribution in [3.05, 3.63) is 59.8 Å². The molecule has 3 aliphatic heterocycles. The van der Waals surface area contributed by atoms with Crippen LogP contribution in [0.2, 0.25) is 0 Å². The molecule has 6 rings (SSSR count). The number of methoxy groups -OCH3 is 1. The molecule has 0 bridgehead atoms. The number of anilines is 2. The number of hydrogen-bond acceptors (Lipinski definition) is 8. The molecule has 0 spiro atoms. The second-order valence-corrected chi connectivity index (χ2v) is 10.7. The zero-order chi connectivity index (χ0) is 28.2. The predicted octanol–water partition coefficient (Wildman–Crippen LogP) is 3.76. The van der Waals surface area contributed by atoms with Gasteiger partial charge in [-0.15, -0.1) is 0 Å². The molecule has 2 fully saturated rings. The number of aromatic nitrogens is 2. The van der Waals surface area contributed by atoms with E-state index in [1.165, 1.54) is 32.0 Å². The Morgan fingerprint density at radius 2 is 1.75 bits per heavy atom. The fraction of sp³-hybridized carbons (Fsp3) is 0.452. The third-order valence-corrected chi connectivity index (χ3v) is 8.16. The predicted molar refractivity (Wildman–Crippen MR) is 159 cm³/mol. The number of piperazine rings is 1. The van der Waals surface area contributed by atoms with Crippen LogP contribution in [-0.4, -0.2) is 90.8 Å². The van der Waals surface area contributed by atoms with E-state index in [9.17, 15) is 9.90 Å². The van der Waals surface area contributed by atoms with Gasteiger partial charge in [0.05, 0.1) is 25.0 Å². The molecule has 2 aromatic carbocycles. The average Bonchev–Trinajstić information content (AvgIpc) is 3.47. The zero-order valence-corrected chi connectivity index (χ0v) is 23.9. The highest BCUT2D eigenvalue weighted by Crippen LogP contribution is 2.39. The Bertz CT molecular complexity index is 1380. The molecule has 2 saturated heterocycles. The number of rotatable bonds is 4. The Morgan fingerprint density at radius 3 is 2.40 bits per heavy atom. The number of nitrogens with zero attached hydrogens (tertiary/aromatic N) is 6. The van der Waals surface area contributed by atoms with E-state index < -0.39 is 0 Å². The highest BCUT2D eigenvalue weighted by atomic mass is 16.5. The van der Waals surface area contributed by atoms with E-state index in [1.807, 2.05) is 36.1 Å². The van der Waals surface area contributed by atoms with Gasteiger partial charge in [-0.3, -0.25) is 4.79 Å². The molecule has 1 amide bonds. The van der Waals surface area contributed by atoms with Crippen molar-refractivity contribution < 1.29 is 14.6 Å². The van der Waals surface area contributed by atoms with Gasteiger partial charge < -0.3 is 29.4 Å². The van der Waals surface area contributed by atoms with Crippen LogP contribution in [-0.2, 0) is 17.8 Å². The van der Waals surface area contributed by atoms with Crippen LogP contribution in [0.15, 0.2) is 43.0 Å². The van der Waals surface area contributed by atoms with E-state index in [-0.39, 0.29) is 5.91 Å². The summed E-state index contributed by atoms with van der Waals surface area (Å²) < 4.78 is 5.46. The number of ether oxygens (including phenoxy) is 1. The lowest BCUT2D eigenvalue weighted by Gasteiger charge is -2.38. The molecule has 0 aliphatic carbocycles. The first kappa shape index (κ1) is 27.7. The normalized spacial score (nSPS) is 17.3. The molecule has 9 nitrogen and oxygen atoms in total. The molecule has 4 heterocycles. The van der Waals surface area contributed by atoms with Gasteiger partial charge in [-0.2, -0.15) is 9.97 Å². The maximum Gasteiger partial charge on any atom is 0.318 e. The van der Waals surface area contributed by atoms with Gasteiger partial charge >= 0.3 is 6.01 Å². The minimum atomic E-state index is -0.0358. The van der Waals surface area contributed by atoms with Crippen LogP contribution in [0.25, 0.3) is 10.8 Å². The number of carbonyl (C=O) groups is 1. The second-order valence-electron chi connectivity index (χ2n) is 10.7. The molecule has 9 heteroatoms. The van der Waals surface area contributed by atoms with E-state index in [0.29, 0.717) is 44.5 Å². The highest BCUT2D eigenvalue weighted by Gasteiger charge is 2.29. The van der Waals surface area contributed by atoms with E-state index in [2.05, 4.69) is 34.4 Å². The molecule has 0 atom stereocenters. The summed E-state index contributed by atoms with van der Waals surface area (Å²) in [5, 5.41) is 12.7. The number of phenolic OH excluding ortho intramolecular Hbond substituents is 1. The van der Waals surface area contributed by atoms with Gasteiger partial charge in [-0.1, -0.05) is 30.8 Å². The van der Waals surface area contributed by atoms with Gasteiger partial charge in [-0.05, 0) is 63.9 Å². The molecule has 212 valence electrons. The van der Waals surface area contributed by atoms with Crippen molar-refractivity contribution in [1.29, 1.82) is 0 Å². The first-order valence-corrected chi connectivity index (χ1v) is 14.1. The number of hydrogen-bond donors (Lipinski definition) is 1. The lowest BCUT2D eigenvalue weighted by Crippen LogP contribution is -2.49. The van der Waals surface area contributed by atoms with Crippen LogP contribution in [0.5, 0.6) is 11.8 Å². The van der Waals surface area contributed by atoms with Crippen LogP contribution in [0.3, 0.4) is 0 Å². The fourth-order valence-electron chi connectivity index (χ4n) is 5.90. The summed E-state index contributed by atoms with van der Waals surface area (Å²) in [7, 11) is 3.76. The van der Waals surface area contributed by atoms with Gasteiger partial charge in [-0.25, -0.2) is 0 Å². The molecule has 0 unspecified atom stereocenters. The van der Waals surface area contributed by atoms with Crippen LogP contribution in [0.4, 0.5) is 11.5 Å². The fourth-order valence-corrected chi connectivity index (χ4v) is 5.90. The molecule has 0 radical (unpaired) electrons. The van der Waals surface area contributed by atoms with Crippen LogP contribution in [0, 0.1) is 6.92 Å². The van der Waals surface area contributed by atoms with E-state index in [4.69, 9.17) is 14.7 Å². The molecule has 1 aromatic heterocycles. The average molecular weight is 545 g/mol. The summed E-state index contributed by atoms with van der Waals surface area (Å²) in [4.78, 5) is 30.1. The summed E-state index contributed by atoms with van der Waals surface area (Å²) in [6, 6.07) is 10.3. The Hall–Kier alpha value is -3.85. The Balaban J connectivity index is 0.000000477. The van der Waals surface area contributed by atoms with Crippen molar-refractivity contribution in [2.45, 2.75) is 32.7 Å². The smallest absolute Gasteiger partial charge is 0.318 e. The van der Waals surface area contributed by atoms with Gasteiger partial charge in [0.1, 0.15) is 11.6 Å². The SMILES string of the molecule is C=CC(=O)N1CCN(c2nc(OC)nc3c2CCN(c2c(C)c(O)cc4ccccc24)C3)CC1.CN1CCCC1.